The number of hydrogen-bond acceptors (Lipinski definition) is 4. The maximum atomic E-state index is 11.4. The molecule has 1 aromatic heterocycles. The van der Waals surface area contributed by atoms with Gasteiger partial charge in [-0.05, 0) is 31.6 Å². The van der Waals surface area contributed by atoms with E-state index in [9.17, 15) is 9.90 Å². The number of hydrogen-bond donors (Lipinski definition) is 1. The molecule has 0 radical (unpaired) electrons. The molecule has 1 N–H and O–H groups in total. The second kappa shape index (κ2) is 6.00. The molecule has 0 bridgehead atoms. The number of carboxylic acid groups (broad SMARTS) is 1. The van der Waals surface area contributed by atoms with E-state index < -0.39 is 11.9 Å². The predicted octanol–water partition coefficient (Wildman–Crippen LogP) is 3.50. The van der Waals surface area contributed by atoms with Crippen LogP contribution in [0.25, 0.3) is 0 Å². The zero-order chi connectivity index (χ0) is 14.8. The molecule has 0 aliphatic heterocycles. The summed E-state index contributed by atoms with van der Waals surface area (Å²) in [6, 6.07) is 0. The van der Waals surface area contributed by atoms with E-state index in [1.807, 2.05) is 12.2 Å². The van der Waals surface area contributed by atoms with Gasteiger partial charge in [-0.25, -0.2) is 0 Å². The molecule has 1 heterocycles. The third-order valence-electron chi connectivity index (χ3n) is 4.83. The molecule has 2 aliphatic carbocycles. The summed E-state index contributed by atoms with van der Waals surface area (Å²) in [5.41, 5.74) is 0. The number of carboxylic acids is 1. The average molecular weight is 290 g/mol. The first-order chi connectivity index (χ1) is 10.1. The fourth-order valence-corrected chi connectivity index (χ4v) is 3.59. The Morgan fingerprint density at radius 1 is 1.33 bits per heavy atom. The van der Waals surface area contributed by atoms with Crippen molar-refractivity contribution in [1.82, 2.24) is 10.1 Å². The maximum absolute atomic E-state index is 11.4. The molecular formula is C16H22N2O3. The van der Waals surface area contributed by atoms with Crippen LogP contribution in [0.3, 0.4) is 0 Å². The zero-order valence-corrected chi connectivity index (χ0v) is 12.4. The molecule has 21 heavy (non-hydrogen) atoms. The van der Waals surface area contributed by atoms with Crippen molar-refractivity contribution >= 4 is 5.97 Å². The van der Waals surface area contributed by atoms with Crippen LogP contribution in [0, 0.1) is 11.8 Å². The van der Waals surface area contributed by atoms with Crippen LogP contribution in [0.15, 0.2) is 16.7 Å². The summed E-state index contributed by atoms with van der Waals surface area (Å²) in [4.78, 5) is 15.9. The fourth-order valence-electron chi connectivity index (χ4n) is 3.59. The minimum absolute atomic E-state index is 0.185. The topological polar surface area (TPSA) is 76.2 Å². The quantitative estimate of drug-likeness (QED) is 0.862. The van der Waals surface area contributed by atoms with Crippen molar-refractivity contribution in [3.63, 3.8) is 0 Å². The molecule has 114 valence electrons. The Morgan fingerprint density at radius 2 is 2.14 bits per heavy atom. The largest absolute Gasteiger partial charge is 0.481 e. The lowest BCUT2D eigenvalue weighted by Crippen LogP contribution is -2.23. The van der Waals surface area contributed by atoms with E-state index in [1.54, 1.807) is 0 Å². The molecular weight excluding hydrogens is 268 g/mol. The monoisotopic (exact) mass is 290 g/mol. The lowest BCUT2D eigenvalue weighted by Gasteiger charge is -2.24. The first-order valence-electron chi connectivity index (χ1n) is 7.86. The molecule has 4 unspecified atom stereocenters. The number of nitrogens with zero attached hydrogens (tertiary/aromatic N) is 2. The number of allylic oxidation sites excluding steroid dienone is 2. The minimum Gasteiger partial charge on any atom is -0.481 e. The van der Waals surface area contributed by atoms with Gasteiger partial charge in [0.05, 0.1) is 11.8 Å². The normalized spacial score (nSPS) is 33.0. The summed E-state index contributed by atoms with van der Waals surface area (Å²) in [6.07, 6.45) is 9.83. The van der Waals surface area contributed by atoms with Crippen LogP contribution in [-0.4, -0.2) is 21.2 Å². The molecule has 1 aromatic rings. The van der Waals surface area contributed by atoms with Gasteiger partial charge in [-0.15, -0.1) is 0 Å². The van der Waals surface area contributed by atoms with Crippen molar-refractivity contribution in [2.45, 2.75) is 57.3 Å². The summed E-state index contributed by atoms with van der Waals surface area (Å²) < 4.78 is 5.41. The molecule has 1 fully saturated rings. The molecule has 0 saturated heterocycles. The SMILES string of the molecule is CC1CCCC(c2noc(C3CC=CCC3C(=O)O)n2)C1. The second-order valence-electron chi connectivity index (χ2n) is 6.45. The standard InChI is InChI=1S/C16H22N2O3/c1-10-5-4-6-11(9-10)14-17-15(21-18-14)12-7-2-3-8-13(12)16(19)20/h2-3,10-13H,4-9H2,1H3,(H,19,20). The summed E-state index contributed by atoms with van der Waals surface area (Å²) >= 11 is 0. The van der Waals surface area contributed by atoms with Crippen LogP contribution in [0.4, 0.5) is 0 Å². The highest BCUT2D eigenvalue weighted by Gasteiger charge is 2.35. The van der Waals surface area contributed by atoms with Gasteiger partial charge in [-0.3, -0.25) is 4.79 Å². The van der Waals surface area contributed by atoms with Crippen LogP contribution in [0.2, 0.25) is 0 Å². The Balaban J connectivity index is 1.77. The van der Waals surface area contributed by atoms with Gasteiger partial charge >= 0.3 is 5.97 Å². The predicted molar refractivity (Wildman–Crippen MR) is 76.9 cm³/mol. The molecule has 2 aliphatic rings. The Bertz CT molecular complexity index is 537. The van der Waals surface area contributed by atoms with E-state index >= 15 is 0 Å². The Hall–Kier alpha value is -1.65. The van der Waals surface area contributed by atoms with Crippen LogP contribution in [0.5, 0.6) is 0 Å². The molecule has 5 nitrogen and oxygen atoms in total. The third kappa shape index (κ3) is 3.01. The summed E-state index contributed by atoms with van der Waals surface area (Å²) in [5.74, 6) is 0.928. The van der Waals surface area contributed by atoms with E-state index in [4.69, 9.17) is 4.52 Å². The molecule has 0 amide bonds. The van der Waals surface area contributed by atoms with Gasteiger partial charge in [0.15, 0.2) is 5.82 Å². The first kappa shape index (κ1) is 14.3. The molecule has 3 rings (SSSR count). The Labute approximate surface area is 124 Å². The molecule has 0 aromatic carbocycles. The molecule has 0 spiro atoms. The van der Waals surface area contributed by atoms with Gasteiger partial charge in [-0.2, -0.15) is 4.98 Å². The number of rotatable bonds is 3. The maximum Gasteiger partial charge on any atom is 0.307 e. The number of carbonyl (C=O) groups is 1. The van der Waals surface area contributed by atoms with Gasteiger partial charge in [-0.1, -0.05) is 37.1 Å². The van der Waals surface area contributed by atoms with Gasteiger partial charge in [0.1, 0.15) is 0 Å². The van der Waals surface area contributed by atoms with Crippen LogP contribution < -0.4 is 0 Å². The van der Waals surface area contributed by atoms with Crippen LogP contribution in [0.1, 0.15) is 69.0 Å². The molecule has 4 atom stereocenters. The van der Waals surface area contributed by atoms with Crippen LogP contribution >= 0.6 is 0 Å². The average Bonchev–Trinajstić information content (AvgIpc) is 2.97. The van der Waals surface area contributed by atoms with E-state index in [-0.39, 0.29) is 5.92 Å². The Morgan fingerprint density at radius 3 is 2.90 bits per heavy atom. The van der Waals surface area contributed by atoms with E-state index in [0.717, 1.165) is 18.7 Å². The minimum atomic E-state index is -0.782. The molecule has 5 heteroatoms. The summed E-state index contributed by atoms with van der Waals surface area (Å²) in [7, 11) is 0. The number of aromatic nitrogens is 2. The van der Waals surface area contributed by atoms with Crippen molar-refractivity contribution in [2.75, 3.05) is 0 Å². The zero-order valence-electron chi connectivity index (χ0n) is 12.4. The van der Waals surface area contributed by atoms with Crippen molar-refractivity contribution in [3.05, 3.63) is 23.9 Å². The highest BCUT2D eigenvalue weighted by atomic mass is 16.5. The smallest absolute Gasteiger partial charge is 0.307 e. The highest BCUT2D eigenvalue weighted by molar-refractivity contribution is 5.71. The van der Waals surface area contributed by atoms with Gasteiger partial charge in [0.25, 0.3) is 0 Å². The second-order valence-corrected chi connectivity index (χ2v) is 6.45. The summed E-state index contributed by atoms with van der Waals surface area (Å²) in [6.45, 7) is 2.26. The van der Waals surface area contributed by atoms with Crippen molar-refractivity contribution in [3.8, 4) is 0 Å². The van der Waals surface area contributed by atoms with E-state index in [0.29, 0.717) is 30.6 Å². The van der Waals surface area contributed by atoms with Gasteiger partial charge in [0.2, 0.25) is 5.89 Å². The third-order valence-corrected chi connectivity index (χ3v) is 4.83. The lowest BCUT2D eigenvalue weighted by atomic mass is 9.81. The van der Waals surface area contributed by atoms with E-state index in [2.05, 4.69) is 17.1 Å². The lowest BCUT2D eigenvalue weighted by molar-refractivity contribution is -0.142. The first-order valence-corrected chi connectivity index (χ1v) is 7.86. The highest BCUT2D eigenvalue weighted by Crippen LogP contribution is 2.37. The number of aliphatic carboxylic acids is 1. The molecule has 1 saturated carbocycles. The van der Waals surface area contributed by atoms with Crippen molar-refractivity contribution in [1.29, 1.82) is 0 Å². The van der Waals surface area contributed by atoms with E-state index in [1.165, 1.54) is 12.8 Å². The van der Waals surface area contributed by atoms with Crippen molar-refractivity contribution in [2.24, 2.45) is 11.8 Å². The van der Waals surface area contributed by atoms with Gasteiger partial charge in [0, 0.05) is 5.92 Å². The van der Waals surface area contributed by atoms with Gasteiger partial charge < -0.3 is 9.63 Å². The fraction of sp³-hybridized carbons (Fsp3) is 0.688. The van der Waals surface area contributed by atoms with Crippen molar-refractivity contribution < 1.29 is 14.4 Å². The summed E-state index contributed by atoms with van der Waals surface area (Å²) in [5, 5.41) is 13.5. The van der Waals surface area contributed by atoms with Crippen LogP contribution in [-0.2, 0) is 4.79 Å². The Kier molecular flexibility index (Phi) is 4.08.